The fraction of sp³-hybridized carbons (Fsp3) is 0.520. The van der Waals surface area contributed by atoms with E-state index in [0.29, 0.717) is 44.6 Å². The summed E-state index contributed by atoms with van der Waals surface area (Å²) >= 11 is 1.62. The summed E-state index contributed by atoms with van der Waals surface area (Å²) in [5.41, 5.74) is -0.607. The van der Waals surface area contributed by atoms with Crippen molar-refractivity contribution in [2.75, 3.05) is 19.6 Å². The van der Waals surface area contributed by atoms with Crippen LogP contribution < -0.4 is 5.32 Å². The van der Waals surface area contributed by atoms with Gasteiger partial charge in [0.2, 0.25) is 5.91 Å². The van der Waals surface area contributed by atoms with Crippen molar-refractivity contribution in [3.05, 3.63) is 52.5 Å². The van der Waals surface area contributed by atoms with Crippen LogP contribution >= 0.6 is 11.3 Å². The summed E-state index contributed by atoms with van der Waals surface area (Å²) in [4.78, 5) is 48.6. The van der Waals surface area contributed by atoms with Gasteiger partial charge < -0.3 is 10.2 Å². The summed E-state index contributed by atoms with van der Waals surface area (Å²) in [6, 6.07) is 9.11. The SMILES string of the molecule is CCC(CC)C(=O)N1CCC([C@@]2(c3ccccn3)NC(=O)N(CCc3cccs3)C2=O)CC1. The lowest BCUT2D eigenvalue weighted by Crippen LogP contribution is -2.55. The van der Waals surface area contributed by atoms with Crippen molar-refractivity contribution in [1.82, 2.24) is 20.1 Å². The molecule has 1 atom stereocenters. The molecule has 0 aromatic carbocycles. The van der Waals surface area contributed by atoms with Crippen LogP contribution in [0.5, 0.6) is 0 Å². The monoisotopic (exact) mass is 468 g/mol. The number of likely N-dealkylation sites (tertiary alicyclic amines) is 1. The van der Waals surface area contributed by atoms with Crippen molar-refractivity contribution in [1.29, 1.82) is 0 Å². The molecule has 2 saturated heterocycles. The number of imide groups is 1. The number of carbonyl (C=O) groups excluding carboxylic acids is 3. The standard InChI is InChI=1S/C25H32N4O3S/c1-3-18(4-2)22(30)28-14-10-19(11-15-28)25(21-9-5-6-13-26-21)23(31)29(24(32)27-25)16-12-20-8-7-17-33-20/h5-9,13,17-19H,3-4,10-12,14-16H2,1-2H3,(H,27,32)/t25-/m0/s1. The second-order valence-electron chi connectivity index (χ2n) is 8.85. The average Bonchev–Trinajstić information content (AvgIpc) is 3.45. The van der Waals surface area contributed by atoms with Crippen molar-refractivity contribution < 1.29 is 14.4 Å². The van der Waals surface area contributed by atoms with Gasteiger partial charge in [-0.15, -0.1) is 11.3 Å². The molecule has 176 valence electrons. The quantitative estimate of drug-likeness (QED) is 0.598. The minimum atomic E-state index is -1.18. The van der Waals surface area contributed by atoms with Crippen LogP contribution in [0.25, 0.3) is 0 Å². The molecule has 4 heterocycles. The van der Waals surface area contributed by atoms with Crippen LogP contribution in [0.3, 0.4) is 0 Å². The summed E-state index contributed by atoms with van der Waals surface area (Å²) in [7, 11) is 0. The third-order valence-electron chi connectivity index (χ3n) is 7.12. The Morgan fingerprint density at radius 2 is 1.94 bits per heavy atom. The Kier molecular flexibility index (Phi) is 7.12. The maximum absolute atomic E-state index is 13.8. The zero-order valence-corrected chi connectivity index (χ0v) is 20.1. The molecule has 4 rings (SSSR count). The molecule has 33 heavy (non-hydrogen) atoms. The van der Waals surface area contributed by atoms with Crippen LogP contribution in [-0.4, -0.2) is 52.3 Å². The molecular weight excluding hydrogens is 436 g/mol. The highest BCUT2D eigenvalue weighted by Gasteiger charge is 2.58. The number of urea groups is 1. The first-order valence-electron chi connectivity index (χ1n) is 11.9. The van der Waals surface area contributed by atoms with Crippen LogP contribution in [-0.2, 0) is 21.5 Å². The highest BCUT2D eigenvalue weighted by atomic mass is 32.1. The lowest BCUT2D eigenvalue weighted by atomic mass is 9.75. The predicted molar refractivity (Wildman–Crippen MR) is 128 cm³/mol. The molecular formula is C25H32N4O3S. The van der Waals surface area contributed by atoms with Crippen molar-refractivity contribution in [2.45, 2.75) is 51.5 Å². The molecule has 0 radical (unpaired) electrons. The van der Waals surface area contributed by atoms with Crippen LogP contribution in [0.1, 0.15) is 50.1 Å². The van der Waals surface area contributed by atoms with Gasteiger partial charge in [-0.1, -0.05) is 26.0 Å². The van der Waals surface area contributed by atoms with E-state index in [2.05, 4.69) is 10.3 Å². The Balaban J connectivity index is 1.56. The number of pyridine rings is 1. The van der Waals surface area contributed by atoms with Gasteiger partial charge in [0.1, 0.15) is 0 Å². The predicted octanol–water partition coefficient (Wildman–Crippen LogP) is 3.81. The van der Waals surface area contributed by atoms with Gasteiger partial charge in [0.25, 0.3) is 5.91 Å². The fourth-order valence-corrected chi connectivity index (χ4v) is 5.86. The molecule has 2 fully saturated rings. The number of rotatable bonds is 8. The van der Waals surface area contributed by atoms with Crippen molar-refractivity contribution >= 4 is 29.2 Å². The lowest BCUT2D eigenvalue weighted by Gasteiger charge is -2.41. The highest BCUT2D eigenvalue weighted by Crippen LogP contribution is 2.41. The van der Waals surface area contributed by atoms with Gasteiger partial charge in [-0.3, -0.25) is 19.5 Å². The molecule has 2 aliphatic heterocycles. The number of nitrogens with zero attached hydrogens (tertiary/aromatic N) is 3. The number of nitrogens with one attached hydrogen (secondary N) is 1. The largest absolute Gasteiger partial charge is 0.342 e. The zero-order valence-electron chi connectivity index (χ0n) is 19.3. The van der Waals surface area contributed by atoms with E-state index >= 15 is 0 Å². The molecule has 0 spiro atoms. The van der Waals surface area contributed by atoms with Gasteiger partial charge in [0, 0.05) is 42.5 Å². The number of aromatic nitrogens is 1. The van der Waals surface area contributed by atoms with E-state index in [0.717, 1.165) is 17.7 Å². The van der Waals surface area contributed by atoms with Gasteiger partial charge in [0.15, 0.2) is 5.54 Å². The molecule has 1 N–H and O–H groups in total. The van der Waals surface area contributed by atoms with Crippen molar-refractivity contribution in [3.63, 3.8) is 0 Å². The fourth-order valence-electron chi connectivity index (χ4n) is 5.16. The molecule has 0 saturated carbocycles. The zero-order chi connectivity index (χ0) is 23.4. The molecule has 2 aromatic rings. The highest BCUT2D eigenvalue weighted by molar-refractivity contribution is 7.09. The van der Waals surface area contributed by atoms with Crippen LogP contribution in [0.4, 0.5) is 4.79 Å². The molecule has 2 aliphatic rings. The second kappa shape index (κ2) is 10.0. The molecule has 8 heteroatoms. The number of hydrogen-bond acceptors (Lipinski definition) is 5. The summed E-state index contributed by atoms with van der Waals surface area (Å²) < 4.78 is 0. The maximum Gasteiger partial charge on any atom is 0.325 e. The van der Waals surface area contributed by atoms with Crippen LogP contribution in [0.2, 0.25) is 0 Å². The van der Waals surface area contributed by atoms with E-state index in [1.165, 1.54) is 4.90 Å². The molecule has 0 unspecified atom stereocenters. The summed E-state index contributed by atoms with van der Waals surface area (Å²) in [6.45, 7) is 5.62. The van der Waals surface area contributed by atoms with Crippen molar-refractivity contribution in [3.8, 4) is 0 Å². The Morgan fingerprint density at radius 3 is 2.55 bits per heavy atom. The van der Waals surface area contributed by atoms with E-state index in [1.807, 2.05) is 54.5 Å². The summed E-state index contributed by atoms with van der Waals surface area (Å²) in [5.74, 6) is -0.106. The average molecular weight is 469 g/mol. The number of thiophene rings is 1. The van der Waals surface area contributed by atoms with E-state index in [1.54, 1.807) is 17.5 Å². The topological polar surface area (TPSA) is 82.6 Å². The number of hydrogen-bond donors (Lipinski definition) is 1. The first kappa shape index (κ1) is 23.4. The molecule has 7 nitrogen and oxygen atoms in total. The van der Waals surface area contributed by atoms with Gasteiger partial charge in [-0.05, 0) is 55.7 Å². The Labute approximate surface area is 199 Å². The minimum Gasteiger partial charge on any atom is -0.342 e. The first-order chi connectivity index (χ1) is 16.0. The third-order valence-corrected chi connectivity index (χ3v) is 8.05. The minimum absolute atomic E-state index is 0.0480. The second-order valence-corrected chi connectivity index (χ2v) is 9.88. The number of piperidine rings is 1. The van der Waals surface area contributed by atoms with Crippen LogP contribution in [0, 0.1) is 11.8 Å². The Bertz CT molecular complexity index is 969. The van der Waals surface area contributed by atoms with E-state index in [-0.39, 0.29) is 29.7 Å². The van der Waals surface area contributed by atoms with Gasteiger partial charge in [0.05, 0.1) is 5.69 Å². The van der Waals surface area contributed by atoms with Crippen molar-refractivity contribution in [2.24, 2.45) is 11.8 Å². The normalized spacial score (nSPS) is 21.7. The smallest absolute Gasteiger partial charge is 0.325 e. The Hall–Kier alpha value is -2.74. The molecule has 0 aliphatic carbocycles. The summed E-state index contributed by atoms with van der Waals surface area (Å²) in [6.07, 6.45) is 5.26. The van der Waals surface area contributed by atoms with E-state index in [4.69, 9.17) is 0 Å². The molecule has 4 amide bonds. The van der Waals surface area contributed by atoms with Gasteiger partial charge in [-0.25, -0.2) is 4.79 Å². The van der Waals surface area contributed by atoms with Gasteiger partial charge >= 0.3 is 6.03 Å². The maximum atomic E-state index is 13.8. The Morgan fingerprint density at radius 1 is 1.18 bits per heavy atom. The first-order valence-corrected chi connectivity index (χ1v) is 12.8. The molecule has 2 aromatic heterocycles. The van der Waals surface area contributed by atoms with E-state index < -0.39 is 5.54 Å². The number of carbonyl (C=O) groups is 3. The third kappa shape index (κ3) is 4.40. The summed E-state index contributed by atoms with van der Waals surface area (Å²) in [5, 5.41) is 5.04. The molecule has 0 bridgehead atoms. The lowest BCUT2D eigenvalue weighted by molar-refractivity contribution is -0.139. The van der Waals surface area contributed by atoms with Crippen LogP contribution in [0.15, 0.2) is 41.9 Å². The van der Waals surface area contributed by atoms with Gasteiger partial charge in [-0.2, -0.15) is 0 Å². The van der Waals surface area contributed by atoms with E-state index in [9.17, 15) is 14.4 Å². The number of amides is 4.